The largest absolute Gasteiger partial charge is 0.344 e. The summed E-state index contributed by atoms with van der Waals surface area (Å²) < 4.78 is 0. The smallest absolute Gasteiger partial charge is 0.270 e. The number of aryl methyl sites for hydroxylation is 1. The zero-order valence-corrected chi connectivity index (χ0v) is 15.3. The highest BCUT2D eigenvalue weighted by Crippen LogP contribution is 2.16. The first-order valence-corrected chi connectivity index (χ1v) is 8.73. The van der Waals surface area contributed by atoms with E-state index in [0.29, 0.717) is 5.56 Å². The van der Waals surface area contributed by atoms with Gasteiger partial charge in [-0.1, -0.05) is 48.5 Å². The predicted octanol–water partition coefficient (Wildman–Crippen LogP) is 4.13. The molecule has 1 unspecified atom stereocenters. The minimum Gasteiger partial charge on any atom is -0.344 e. The van der Waals surface area contributed by atoms with Gasteiger partial charge in [0.1, 0.15) is 5.69 Å². The van der Waals surface area contributed by atoms with E-state index in [0.717, 1.165) is 16.8 Å². The van der Waals surface area contributed by atoms with Gasteiger partial charge in [0.15, 0.2) is 0 Å². The summed E-state index contributed by atoms with van der Waals surface area (Å²) in [5, 5.41) is 5.77. The summed E-state index contributed by atoms with van der Waals surface area (Å²) in [6, 6.07) is 20.1. The zero-order valence-electron chi connectivity index (χ0n) is 15.3. The summed E-state index contributed by atoms with van der Waals surface area (Å²) in [6.07, 6.45) is 1.47. The molecular weight excluding hydrogens is 338 g/mol. The van der Waals surface area contributed by atoms with Crippen LogP contribution in [0.2, 0.25) is 0 Å². The maximum absolute atomic E-state index is 12.5. The Hall–Kier alpha value is -3.47. The first-order valence-electron chi connectivity index (χ1n) is 8.73. The van der Waals surface area contributed by atoms with Crippen LogP contribution in [0.3, 0.4) is 0 Å². The van der Waals surface area contributed by atoms with E-state index in [1.807, 2.05) is 68.4 Å². The molecule has 0 spiro atoms. The van der Waals surface area contributed by atoms with Gasteiger partial charge in [0.25, 0.3) is 11.8 Å². The number of nitrogens with one attached hydrogen (secondary N) is 2. The molecule has 136 valence electrons. The second kappa shape index (κ2) is 8.27. The summed E-state index contributed by atoms with van der Waals surface area (Å²) >= 11 is 0. The van der Waals surface area contributed by atoms with Crippen molar-refractivity contribution in [3.05, 3.63) is 95.3 Å². The molecule has 3 aromatic rings. The maximum Gasteiger partial charge on any atom is 0.270 e. The number of carbonyl (C=O) groups excluding carboxylic acids is 2. The van der Waals surface area contributed by atoms with Gasteiger partial charge in [0, 0.05) is 17.4 Å². The third kappa shape index (κ3) is 4.58. The molecule has 1 heterocycles. The first kappa shape index (κ1) is 18.3. The number of hydrogen-bond acceptors (Lipinski definition) is 3. The molecule has 2 aromatic carbocycles. The third-order valence-electron chi connectivity index (χ3n) is 4.30. The number of amides is 2. The van der Waals surface area contributed by atoms with Crippen molar-refractivity contribution in [1.82, 2.24) is 10.3 Å². The number of carbonyl (C=O) groups is 2. The molecule has 2 N–H and O–H groups in total. The van der Waals surface area contributed by atoms with Gasteiger partial charge < -0.3 is 10.6 Å². The van der Waals surface area contributed by atoms with Crippen LogP contribution >= 0.6 is 0 Å². The van der Waals surface area contributed by atoms with E-state index < -0.39 is 0 Å². The Morgan fingerprint density at radius 1 is 0.926 bits per heavy atom. The van der Waals surface area contributed by atoms with E-state index in [4.69, 9.17) is 0 Å². The average Bonchev–Trinajstić information content (AvgIpc) is 2.70. The van der Waals surface area contributed by atoms with E-state index in [1.54, 1.807) is 6.07 Å². The van der Waals surface area contributed by atoms with Crippen LogP contribution < -0.4 is 10.6 Å². The van der Waals surface area contributed by atoms with E-state index in [1.165, 1.54) is 12.3 Å². The topological polar surface area (TPSA) is 71.1 Å². The lowest BCUT2D eigenvalue weighted by atomic mass is 10.1. The molecular formula is C22H21N3O2. The fourth-order valence-electron chi connectivity index (χ4n) is 2.70. The SMILES string of the molecule is Cc1ccccc1NC(=O)c1ccnc(C(=O)NC(C)c2ccccc2)c1. The van der Waals surface area contributed by atoms with Crippen LogP contribution in [0.4, 0.5) is 5.69 Å². The highest BCUT2D eigenvalue weighted by atomic mass is 16.2. The Morgan fingerprint density at radius 2 is 1.63 bits per heavy atom. The van der Waals surface area contributed by atoms with E-state index in [-0.39, 0.29) is 23.6 Å². The van der Waals surface area contributed by atoms with Gasteiger partial charge in [0.2, 0.25) is 0 Å². The van der Waals surface area contributed by atoms with Crippen molar-refractivity contribution in [2.75, 3.05) is 5.32 Å². The number of aromatic nitrogens is 1. The lowest BCUT2D eigenvalue weighted by molar-refractivity contribution is 0.0935. The second-order valence-electron chi connectivity index (χ2n) is 6.30. The Labute approximate surface area is 158 Å². The van der Waals surface area contributed by atoms with Gasteiger partial charge in [-0.15, -0.1) is 0 Å². The van der Waals surface area contributed by atoms with Gasteiger partial charge in [-0.05, 0) is 43.2 Å². The fourth-order valence-corrected chi connectivity index (χ4v) is 2.70. The summed E-state index contributed by atoms with van der Waals surface area (Å²) in [5.41, 5.74) is 3.29. The Bertz CT molecular complexity index is 955. The number of benzene rings is 2. The lowest BCUT2D eigenvalue weighted by Gasteiger charge is -2.14. The van der Waals surface area contributed by atoms with Crippen molar-refractivity contribution in [2.45, 2.75) is 19.9 Å². The van der Waals surface area contributed by atoms with Crippen molar-refractivity contribution >= 4 is 17.5 Å². The maximum atomic E-state index is 12.5. The van der Waals surface area contributed by atoms with Crippen LogP contribution in [0.1, 0.15) is 44.9 Å². The summed E-state index contributed by atoms with van der Waals surface area (Å²) in [7, 11) is 0. The minimum absolute atomic E-state index is 0.162. The third-order valence-corrected chi connectivity index (χ3v) is 4.30. The van der Waals surface area contributed by atoms with Crippen molar-refractivity contribution in [3.8, 4) is 0 Å². The van der Waals surface area contributed by atoms with Crippen molar-refractivity contribution in [2.24, 2.45) is 0 Å². The molecule has 0 aliphatic rings. The van der Waals surface area contributed by atoms with Crippen LogP contribution in [0.15, 0.2) is 72.9 Å². The first-order chi connectivity index (χ1) is 13.0. The fraction of sp³-hybridized carbons (Fsp3) is 0.136. The van der Waals surface area contributed by atoms with Crippen molar-refractivity contribution in [3.63, 3.8) is 0 Å². The molecule has 0 aliphatic carbocycles. The Kier molecular flexibility index (Phi) is 5.61. The van der Waals surface area contributed by atoms with E-state index >= 15 is 0 Å². The van der Waals surface area contributed by atoms with Crippen molar-refractivity contribution < 1.29 is 9.59 Å². The molecule has 1 atom stereocenters. The molecule has 0 bridgehead atoms. The van der Waals surface area contributed by atoms with Crippen LogP contribution in [-0.4, -0.2) is 16.8 Å². The molecule has 5 nitrogen and oxygen atoms in total. The number of rotatable bonds is 5. The average molecular weight is 359 g/mol. The zero-order chi connectivity index (χ0) is 19.2. The van der Waals surface area contributed by atoms with Crippen molar-refractivity contribution in [1.29, 1.82) is 0 Å². The Balaban J connectivity index is 1.72. The molecule has 5 heteroatoms. The quantitative estimate of drug-likeness (QED) is 0.719. The summed E-state index contributed by atoms with van der Waals surface area (Å²) in [4.78, 5) is 29.1. The molecule has 2 amide bonds. The Morgan fingerprint density at radius 3 is 2.37 bits per heavy atom. The normalized spacial score (nSPS) is 11.5. The summed E-state index contributed by atoms with van der Waals surface area (Å²) in [6.45, 7) is 3.83. The number of hydrogen-bond donors (Lipinski definition) is 2. The van der Waals surface area contributed by atoms with Crippen LogP contribution in [-0.2, 0) is 0 Å². The molecule has 3 rings (SSSR count). The van der Waals surface area contributed by atoms with Gasteiger partial charge in [-0.2, -0.15) is 0 Å². The molecule has 0 radical (unpaired) electrons. The summed E-state index contributed by atoms with van der Waals surface area (Å²) in [5.74, 6) is -0.603. The molecule has 27 heavy (non-hydrogen) atoms. The highest BCUT2D eigenvalue weighted by Gasteiger charge is 2.15. The van der Waals surface area contributed by atoms with Gasteiger partial charge >= 0.3 is 0 Å². The molecule has 0 aliphatic heterocycles. The highest BCUT2D eigenvalue weighted by molar-refractivity contribution is 6.06. The molecule has 0 saturated heterocycles. The predicted molar refractivity (Wildman–Crippen MR) is 106 cm³/mol. The number of anilines is 1. The van der Waals surface area contributed by atoms with E-state index in [9.17, 15) is 9.59 Å². The van der Waals surface area contributed by atoms with Crippen LogP contribution in [0.5, 0.6) is 0 Å². The molecule has 0 saturated carbocycles. The number of nitrogens with zero attached hydrogens (tertiary/aromatic N) is 1. The molecule has 1 aromatic heterocycles. The lowest BCUT2D eigenvalue weighted by Crippen LogP contribution is -2.27. The number of para-hydroxylation sites is 1. The van der Waals surface area contributed by atoms with E-state index in [2.05, 4.69) is 15.6 Å². The van der Waals surface area contributed by atoms with Crippen LogP contribution in [0.25, 0.3) is 0 Å². The monoisotopic (exact) mass is 359 g/mol. The molecule has 0 fully saturated rings. The van der Waals surface area contributed by atoms with Gasteiger partial charge in [0.05, 0.1) is 6.04 Å². The van der Waals surface area contributed by atoms with Gasteiger partial charge in [-0.3, -0.25) is 14.6 Å². The minimum atomic E-state index is -0.322. The second-order valence-corrected chi connectivity index (χ2v) is 6.30. The standard InChI is InChI=1S/C22H21N3O2/c1-15-8-6-7-11-19(15)25-21(26)18-12-13-23-20(14-18)22(27)24-16(2)17-9-4-3-5-10-17/h3-14,16H,1-2H3,(H,24,27)(H,25,26). The van der Waals surface area contributed by atoms with Gasteiger partial charge in [-0.25, -0.2) is 0 Å². The number of pyridine rings is 1. The van der Waals surface area contributed by atoms with Crippen LogP contribution in [0, 0.1) is 6.92 Å².